The van der Waals surface area contributed by atoms with Crippen LogP contribution in [0, 0.1) is 5.92 Å². The summed E-state index contributed by atoms with van der Waals surface area (Å²) in [6.45, 7) is 0. The number of nitrogens with two attached hydrogens (primary N) is 1. The number of hydrogen-bond acceptors (Lipinski definition) is 1. The van der Waals surface area contributed by atoms with Crippen LogP contribution < -0.4 is 5.14 Å². The van der Waals surface area contributed by atoms with E-state index in [9.17, 15) is 13.0 Å². The first-order chi connectivity index (χ1) is 4.49. The van der Waals surface area contributed by atoms with Crippen LogP contribution in [-0.4, -0.2) is 15.9 Å². The Morgan fingerprint density at radius 3 is 2.40 bits per heavy atom. The average Bonchev–Trinajstić information content (AvgIpc) is 1.57. The Hall–Kier alpha value is -0.0300. The van der Waals surface area contributed by atoms with Crippen molar-refractivity contribution < 1.29 is 13.0 Å². The fraction of sp³-hybridized carbons (Fsp3) is 1.00. The van der Waals surface area contributed by atoms with E-state index >= 15 is 0 Å². The molecule has 0 aromatic carbocycles. The van der Waals surface area contributed by atoms with E-state index in [0.717, 1.165) is 0 Å². The third-order valence-corrected chi connectivity index (χ3v) is 2.37. The lowest BCUT2D eigenvalue weighted by molar-refractivity contribution is -0.103. The van der Waals surface area contributed by atoms with Gasteiger partial charge in [0.2, 0.25) is 5.92 Å². The molecule has 1 aliphatic rings. The van der Waals surface area contributed by atoms with Gasteiger partial charge in [0.1, 0.15) is 0 Å². The van der Waals surface area contributed by atoms with E-state index in [4.69, 9.17) is 5.14 Å². The van der Waals surface area contributed by atoms with Crippen molar-refractivity contribution in [3.8, 4) is 0 Å². The Morgan fingerprint density at radius 2 is 2.10 bits per heavy atom. The highest BCUT2D eigenvalue weighted by molar-refractivity contribution is 7.82. The summed E-state index contributed by atoms with van der Waals surface area (Å²) in [7, 11) is -1.41. The zero-order valence-corrected chi connectivity index (χ0v) is 6.16. The van der Waals surface area contributed by atoms with Crippen LogP contribution in [0.1, 0.15) is 12.8 Å². The standard InChI is InChI=1S/C5H9F2NOS/c6-5(7)1-4(2-5)3-10(8)9/h4H,1-3,8H2. The fourth-order valence-corrected chi connectivity index (χ4v) is 1.84. The van der Waals surface area contributed by atoms with Crippen molar-refractivity contribution in [1.82, 2.24) is 0 Å². The van der Waals surface area contributed by atoms with Crippen molar-refractivity contribution >= 4 is 11.0 Å². The molecule has 0 aromatic rings. The summed E-state index contributed by atoms with van der Waals surface area (Å²) in [6, 6.07) is 0. The summed E-state index contributed by atoms with van der Waals surface area (Å²) >= 11 is 0. The van der Waals surface area contributed by atoms with E-state index in [1.807, 2.05) is 0 Å². The molecule has 0 heterocycles. The minimum Gasteiger partial charge on any atom is -0.252 e. The van der Waals surface area contributed by atoms with Crippen LogP contribution in [0.15, 0.2) is 0 Å². The Kier molecular flexibility index (Phi) is 2.05. The molecule has 10 heavy (non-hydrogen) atoms. The predicted octanol–water partition coefficient (Wildman–Crippen LogP) is 0.654. The Morgan fingerprint density at radius 1 is 1.60 bits per heavy atom. The molecule has 0 amide bonds. The summed E-state index contributed by atoms with van der Waals surface area (Å²) < 4.78 is 34.5. The lowest BCUT2D eigenvalue weighted by Crippen LogP contribution is -2.39. The van der Waals surface area contributed by atoms with Crippen LogP contribution >= 0.6 is 0 Å². The minimum atomic E-state index is -2.51. The monoisotopic (exact) mass is 169 g/mol. The summed E-state index contributed by atoms with van der Waals surface area (Å²) in [5, 5.41) is 4.92. The maximum atomic E-state index is 12.1. The fourth-order valence-electron chi connectivity index (χ4n) is 1.14. The van der Waals surface area contributed by atoms with Crippen molar-refractivity contribution in [3.63, 3.8) is 0 Å². The molecule has 5 heteroatoms. The van der Waals surface area contributed by atoms with Crippen LogP contribution in [0.25, 0.3) is 0 Å². The molecule has 1 atom stereocenters. The van der Waals surface area contributed by atoms with Gasteiger partial charge >= 0.3 is 0 Å². The van der Waals surface area contributed by atoms with E-state index in [1.54, 1.807) is 0 Å². The van der Waals surface area contributed by atoms with Crippen LogP contribution in [0.2, 0.25) is 0 Å². The van der Waals surface area contributed by atoms with Crippen LogP contribution in [0.4, 0.5) is 8.78 Å². The van der Waals surface area contributed by atoms with Crippen LogP contribution in [-0.2, 0) is 11.0 Å². The molecule has 1 rings (SSSR count). The predicted molar refractivity (Wildman–Crippen MR) is 34.9 cm³/mol. The van der Waals surface area contributed by atoms with Gasteiger partial charge < -0.3 is 0 Å². The zero-order chi connectivity index (χ0) is 7.78. The first-order valence-corrected chi connectivity index (χ1v) is 4.38. The van der Waals surface area contributed by atoms with Crippen molar-refractivity contribution in [2.24, 2.45) is 11.1 Å². The van der Waals surface area contributed by atoms with Gasteiger partial charge in [-0.3, -0.25) is 5.14 Å². The SMILES string of the molecule is NS(=O)CC1CC(F)(F)C1. The van der Waals surface area contributed by atoms with Gasteiger partial charge in [0.05, 0.1) is 11.0 Å². The normalized spacial score (nSPS) is 27.5. The van der Waals surface area contributed by atoms with Crippen molar-refractivity contribution in [2.75, 3.05) is 5.75 Å². The lowest BCUT2D eigenvalue weighted by Gasteiger charge is -2.33. The van der Waals surface area contributed by atoms with Crippen LogP contribution in [0.3, 0.4) is 0 Å². The summed E-state index contributed by atoms with van der Waals surface area (Å²) in [6.07, 6.45) is -0.286. The minimum absolute atomic E-state index is 0.124. The summed E-state index contributed by atoms with van der Waals surface area (Å²) in [4.78, 5) is 0. The highest BCUT2D eigenvalue weighted by atomic mass is 32.2. The third-order valence-electron chi connectivity index (χ3n) is 1.57. The van der Waals surface area contributed by atoms with E-state index in [0.29, 0.717) is 0 Å². The molecule has 2 nitrogen and oxygen atoms in total. The molecule has 0 spiro atoms. The van der Waals surface area contributed by atoms with Gasteiger partial charge in [-0.2, -0.15) is 0 Å². The van der Waals surface area contributed by atoms with Crippen molar-refractivity contribution in [3.05, 3.63) is 0 Å². The molecule has 60 valence electrons. The zero-order valence-electron chi connectivity index (χ0n) is 5.35. The Balaban J connectivity index is 2.21. The van der Waals surface area contributed by atoms with E-state index in [2.05, 4.69) is 0 Å². The molecule has 0 radical (unpaired) electrons. The molecule has 0 bridgehead atoms. The molecular formula is C5H9F2NOS. The van der Waals surface area contributed by atoms with Gasteiger partial charge in [0, 0.05) is 18.6 Å². The molecule has 1 unspecified atom stereocenters. The van der Waals surface area contributed by atoms with E-state index < -0.39 is 16.9 Å². The number of halogens is 2. The van der Waals surface area contributed by atoms with Crippen molar-refractivity contribution in [1.29, 1.82) is 0 Å². The molecular weight excluding hydrogens is 160 g/mol. The number of hydrogen-bond donors (Lipinski definition) is 1. The Labute approximate surface area is 60.4 Å². The van der Waals surface area contributed by atoms with E-state index in [-0.39, 0.29) is 24.5 Å². The van der Waals surface area contributed by atoms with Gasteiger partial charge in [-0.1, -0.05) is 0 Å². The maximum absolute atomic E-state index is 12.1. The molecule has 1 aliphatic carbocycles. The molecule has 1 fully saturated rings. The smallest absolute Gasteiger partial charge is 0.248 e. The summed E-state index contributed by atoms with van der Waals surface area (Å²) in [5.41, 5.74) is 0. The average molecular weight is 169 g/mol. The van der Waals surface area contributed by atoms with Crippen molar-refractivity contribution in [2.45, 2.75) is 18.8 Å². The number of alkyl halides is 2. The number of rotatable bonds is 2. The van der Waals surface area contributed by atoms with Crippen LogP contribution in [0.5, 0.6) is 0 Å². The lowest BCUT2D eigenvalue weighted by atomic mass is 9.83. The highest BCUT2D eigenvalue weighted by Gasteiger charge is 2.45. The van der Waals surface area contributed by atoms with Gasteiger partial charge in [-0.05, 0) is 5.92 Å². The second-order valence-corrected chi connectivity index (χ2v) is 3.77. The van der Waals surface area contributed by atoms with Gasteiger partial charge in [0.25, 0.3) is 0 Å². The molecule has 0 aromatic heterocycles. The quantitative estimate of drug-likeness (QED) is 0.648. The Bertz CT molecular complexity index is 154. The second kappa shape index (κ2) is 2.54. The second-order valence-electron chi connectivity index (χ2n) is 2.68. The topological polar surface area (TPSA) is 43.1 Å². The highest BCUT2D eigenvalue weighted by Crippen LogP contribution is 2.42. The first-order valence-electron chi connectivity index (χ1n) is 3.00. The van der Waals surface area contributed by atoms with Gasteiger partial charge in [0.15, 0.2) is 0 Å². The molecule has 0 saturated heterocycles. The third kappa shape index (κ3) is 1.98. The van der Waals surface area contributed by atoms with Gasteiger partial charge in [-0.25, -0.2) is 13.0 Å². The summed E-state index contributed by atoms with van der Waals surface area (Å²) in [5.74, 6) is -2.42. The van der Waals surface area contributed by atoms with E-state index in [1.165, 1.54) is 0 Å². The first kappa shape index (κ1) is 8.07. The maximum Gasteiger partial charge on any atom is 0.248 e. The molecule has 1 saturated carbocycles. The molecule has 0 aliphatic heterocycles. The largest absolute Gasteiger partial charge is 0.252 e. The van der Waals surface area contributed by atoms with Gasteiger partial charge in [-0.15, -0.1) is 0 Å². The molecule has 2 N–H and O–H groups in total.